The molecule has 1 aliphatic carbocycles. The summed E-state index contributed by atoms with van der Waals surface area (Å²) in [7, 11) is 0. The van der Waals surface area contributed by atoms with Gasteiger partial charge >= 0.3 is 0 Å². The Morgan fingerprint density at radius 3 is 2.03 bits per heavy atom. The molecule has 1 amide bonds. The van der Waals surface area contributed by atoms with Gasteiger partial charge in [-0.2, -0.15) is 0 Å². The molecule has 1 saturated heterocycles. The zero-order valence-corrected chi connectivity index (χ0v) is 18.0. The zero-order chi connectivity index (χ0) is 21.8. The molecule has 1 heterocycles. The van der Waals surface area contributed by atoms with Gasteiger partial charge in [-0.15, -0.1) is 0 Å². The fourth-order valence-electron chi connectivity index (χ4n) is 4.91. The van der Waals surface area contributed by atoms with E-state index in [0.717, 1.165) is 50.4 Å². The second-order valence-corrected chi connectivity index (χ2v) is 8.58. The lowest BCUT2D eigenvalue weighted by atomic mass is 9.78. The van der Waals surface area contributed by atoms with Crippen LogP contribution in [0.25, 0.3) is 0 Å². The summed E-state index contributed by atoms with van der Waals surface area (Å²) in [6, 6.07) is 16.2. The highest BCUT2D eigenvalue weighted by atomic mass is 16.4. The number of anilines is 3. The van der Waals surface area contributed by atoms with Crippen molar-refractivity contribution in [2.75, 3.05) is 41.3 Å². The number of hydrogen-bond acceptors (Lipinski definition) is 5. The summed E-state index contributed by atoms with van der Waals surface area (Å²) < 4.78 is 0. The van der Waals surface area contributed by atoms with Crippen molar-refractivity contribution >= 4 is 28.9 Å². The average molecular weight is 421 g/mol. The molecule has 0 radical (unpaired) electrons. The third-order valence-corrected chi connectivity index (χ3v) is 6.64. The van der Waals surface area contributed by atoms with E-state index >= 15 is 0 Å². The van der Waals surface area contributed by atoms with Crippen LogP contribution in [-0.4, -0.2) is 38.1 Å². The molecule has 2 aromatic rings. The number of rotatable bonds is 5. The number of carboxylic acid groups (broad SMARTS) is 1. The molecule has 164 valence electrons. The summed E-state index contributed by atoms with van der Waals surface area (Å²) in [6.45, 7) is 5.65. The standard InChI is InChI=1S/C25H31N3O3/c1-18-8-2-6-12-22(18)27-14-16-28(17-15-27)23-13-7-5-11-21(23)26-24(29)19-9-3-4-10-20(19)25(30)31/h2,5-8,11-13,19-20H,3-4,9-10,14-17H2,1H3,(H,26,29)(H,30,31)/p-1/t19-,20-/m0/s1. The molecule has 31 heavy (non-hydrogen) atoms. The van der Waals surface area contributed by atoms with Crippen molar-refractivity contribution in [2.24, 2.45) is 11.8 Å². The van der Waals surface area contributed by atoms with Crippen LogP contribution in [0.3, 0.4) is 0 Å². The Morgan fingerprint density at radius 2 is 1.39 bits per heavy atom. The first kappa shape index (κ1) is 21.2. The number of para-hydroxylation sites is 3. The van der Waals surface area contributed by atoms with Gasteiger partial charge in [-0.3, -0.25) is 4.79 Å². The highest BCUT2D eigenvalue weighted by molar-refractivity contribution is 5.97. The van der Waals surface area contributed by atoms with E-state index in [4.69, 9.17) is 0 Å². The smallest absolute Gasteiger partial charge is 0.228 e. The van der Waals surface area contributed by atoms with E-state index in [0.29, 0.717) is 12.8 Å². The van der Waals surface area contributed by atoms with Crippen molar-refractivity contribution in [2.45, 2.75) is 32.6 Å². The number of aryl methyl sites for hydroxylation is 1. The van der Waals surface area contributed by atoms with Crippen molar-refractivity contribution in [3.8, 4) is 0 Å². The van der Waals surface area contributed by atoms with Crippen molar-refractivity contribution in [1.82, 2.24) is 0 Å². The van der Waals surface area contributed by atoms with Crippen LogP contribution >= 0.6 is 0 Å². The number of benzene rings is 2. The van der Waals surface area contributed by atoms with Gasteiger partial charge in [0.05, 0.1) is 11.4 Å². The molecule has 0 spiro atoms. The second-order valence-electron chi connectivity index (χ2n) is 8.58. The number of piperazine rings is 1. The normalized spacial score (nSPS) is 21.6. The first-order valence-corrected chi connectivity index (χ1v) is 11.2. The number of carboxylic acids is 1. The topological polar surface area (TPSA) is 75.7 Å². The summed E-state index contributed by atoms with van der Waals surface area (Å²) in [6.07, 6.45) is 2.83. The average Bonchev–Trinajstić information content (AvgIpc) is 2.80. The van der Waals surface area contributed by atoms with Crippen LogP contribution in [0, 0.1) is 18.8 Å². The van der Waals surface area contributed by atoms with Crippen LogP contribution in [-0.2, 0) is 9.59 Å². The third-order valence-electron chi connectivity index (χ3n) is 6.64. The quantitative estimate of drug-likeness (QED) is 0.805. The van der Waals surface area contributed by atoms with Crippen LogP contribution in [0.2, 0.25) is 0 Å². The maximum absolute atomic E-state index is 13.0. The van der Waals surface area contributed by atoms with Gasteiger partial charge in [0, 0.05) is 49.7 Å². The van der Waals surface area contributed by atoms with Crippen LogP contribution in [0.5, 0.6) is 0 Å². The van der Waals surface area contributed by atoms with Crippen LogP contribution < -0.4 is 20.2 Å². The van der Waals surface area contributed by atoms with E-state index in [1.165, 1.54) is 11.3 Å². The van der Waals surface area contributed by atoms with Crippen molar-refractivity contribution < 1.29 is 14.7 Å². The molecule has 2 atom stereocenters. The van der Waals surface area contributed by atoms with E-state index in [2.05, 4.69) is 46.3 Å². The van der Waals surface area contributed by atoms with E-state index in [9.17, 15) is 14.7 Å². The van der Waals surface area contributed by atoms with Crippen LogP contribution in [0.4, 0.5) is 17.1 Å². The van der Waals surface area contributed by atoms with E-state index in [1.54, 1.807) is 0 Å². The van der Waals surface area contributed by atoms with Crippen molar-refractivity contribution in [3.05, 3.63) is 54.1 Å². The molecule has 2 aliphatic rings. The minimum Gasteiger partial charge on any atom is -0.550 e. The Morgan fingerprint density at radius 1 is 0.839 bits per heavy atom. The molecular formula is C25H30N3O3-. The van der Waals surface area contributed by atoms with Gasteiger partial charge in [0.1, 0.15) is 0 Å². The van der Waals surface area contributed by atoms with Crippen LogP contribution in [0.15, 0.2) is 48.5 Å². The Kier molecular flexibility index (Phi) is 6.44. The molecular weight excluding hydrogens is 390 g/mol. The second kappa shape index (κ2) is 9.41. The van der Waals surface area contributed by atoms with Gasteiger partial charge in [-0.1, -0.05) is 43.2 Å². The molecule has 6 heteroatoms. The van der Waals surface area contributed by atoms with E-state index < -0.39 is 17.8 Å². The number of nitrogens with zero attached hydrogens (tertiary/aromatic N) is 2. The Bertz CT molecular complexity index is 937. The van der Waals surface area contributed by atoms with Gasteiger partial charge in [0.15, 0.2) is 0 Å². The fourth-order valence-corrected chi connectivity index (χ4v) is 4.91. The van der Waals surface area contributed by atoms with Gasteiger partial charge in [0.25, 0.3) is 0 Å². The highest BCUT2D eigenvalue weighted by Gasteiger charge is 2.32. The summed E-state index contributed by atoms with van der Waals surface area (Å²) in [4.78, 5) is 29.2. The minimum absolute atomic E-state index is 0.208. The van der Waals surface area contributed by atoms with Gasteiger partial charge in [-0.25, -0.2) is 0 Å². The molecule has 4 rings (SSSR count). The maximum Gasteiger partial charge on any atom is 0.228 e. The lowest BCUT2D eigenvalue weighted by molar-refractivity contribution is -0.313. The molecule has 0 unspecified atom stereocenters. The number of nitrogens with one attached hydrogen (secondary N) is 1. The minimum atomic E-state index is -1.11. The molecule has 0 aromatic heterocycles. The summed E-state index contributed by atoms with van der Waals surface area (Å²) in [5.74, 6) is -2.54. The number of carbonyl (C=O) groups excluding carboxylic acids is 2. The van der Waals surface area contributed by atoms with Gasteiger partial charge in [-0.05, 0) is 43.5 Å². The van der Waals surface area contributed by atoms with E-state index in [1.807, 2.05) is 24.3 Å². The lowest BCUT2D eigenvalue weighted by Crippen LogP contribution is -2.47. The molecule has 1 aliphatic heterocycles. The molecule has 1 saturated carbocycles. The molecule has 6 nitrogen and oxygen atoms in total. The number of carbonyl (C=O) groups is 2. The SMILES string of the molecule is Cc1ccccc1N1CCN(c2ccccc2NC(=O)[C@H]2CCCC[C@@H]2C(=O)[O-])CC1. The number of aliphatic carboxylic acids is 1. The Hall–Kier alpha value is -3.02. The molecule has 2 fully saturated rings. The highest BCUT2D eigenvalue weighted by Crippen LogP contribution is 2.33. The first-order valence-electron chi connectivity index (χ1n) is 11.2. The summed E-state index contributed by atoms with van der Waals surface area (Å²) in [5.41, 5.74) is 4.29. The van der Waals surface area contributed by atoms with Crippen molar-refractivity contribution in [3.63, 3.8) is 0 Å². The predicted molar refractivity (Wildman–Crippen MR) is 121 cm³/mol. The fraction of sp³-hybridized carbons (Fsp3) is 0.440. The monoisotopic (exact) mass is 420 g/mol. The molecule has 2 aromatic carbocycles. The van der Waals surface area contributed by atoms with Crippen LogP contribution in [0.1, 0.15) is 31.2 Å². The molecule has 0 bridgehead atoms. The lowest BCUT2D eigenvalue weighted by Gasteiger charge is -2.39. The largest absolute Gasteiger partial charge is 0.550 e. The third kappa shape index (κ3) is 4.68. The Balaban J connectivity index is 1.45. The first-order chi connectivity index (χ1) is 15.0. The molecule has 1 N–H and O–H groups in total. The Labute approximate surface area is 183 Å². The van der Waals surface area contributed by atoms with Crippen molar-refractivity contribution in [1.29, 1.82) is 0 Å². The number of amides is 1. The number of hydrogen-bond donors (Lipinski definition) is 1. The van der Waals surface area contributed by atoms with Gasteiger partial charge in [0.2, 0.25) is 5.91 Å². The summed E-state index contributed by atoms with van der Waals surface area (Å²) >= 11 is 0. The predicted octanol–water partition coefficient (Wildman–Crippen LogP) is 2.82. The maximum atomic E-state index is 13.0. The van der Waals surface area contributed by atoms with E-state index in [-0.39, 0.29) is 5.91 Å². The van der Waals surface area contributed by atoms with Gasteiger partial charge < -0.3 is 25.0 Å². The zero-order valence-electron chi connectivity index (χ0n) is 18.0. The summed E-state index contributed by atoms with van der Waals surface area (Å²) in [5, 5.41) is 14.5.